The molecule has 70 valence electrons. The predicted octanol–water partition coefficient (Wildman–Crippen LogP) is 1.44. The molecule has 0 fully saturated rings. The maximum absolute atomic E-state index is 10.7. The van der Waals surface area contributed by atoms with E-state index >= 15 is 0 Å². The van der Waals surface area contributed by atoms with Crippen LogP contribution in [0.2, 0.25) is 0 Å². The van der Waals surface area contributed by atoms with Crippen LogP contribution in [-0.2, 0) is 14.3 Å². The van der Waals surface area contributed by atoms with Crippen LogP contribution in [0.25, 0.3) is 0 Å². The van der Waals surface area contributed by atoms with Crippen LogP contribution >= 0.6 is 23.4 Å². The Bertz CT molecular complexity index is 172. The van der Waals surface area contributed by atoms with Gasteiger partial charge in [-0.2, -0.15) is 11.8 Å². The van der Waals surface area contributed by atoms with E-state index in [-0.39, 0.29) is 0 Å². The van der Waals surface area contributed by atoms with Gasteiger partial charge in [0, 0.05) is 13.3 Å². The van der Waals surface area contributed by atoms with Gasteiger partial charge < -0.3 is 4.74 Å². The molecule has 0 amide bonds. The molecule has 0 heterocycles. The number of hydrogen-bond donors (Lipinski definition) is 0. The number of halogens is 1. The van der Waals surface area contributed by atoms with Crippen LogP contribution in [0, 0.1) is 0 Å². The Labute approximate surface area is 80.8 Å². The van der Waals surface area contributed by atoms with Crippen molar-refractivity contribution in [2.75, 3.05) is 12.0 Å². The molecule has 0 aromatic carbocycles. The third-order valence-corrected chi connectivity index (χ3v) is 2.03. The van der Waals surface area contributed by atoms with Crippen LogP contribution in [-0.4, -0.2) is 29.3 Å². The van der Waals surface area contributed by atoms with E-state index in [1.165, 1.54) is 6.92 Å². The summed E-state index contributed by atoms with van der Waals surface area (Å²) in [6.45, 7) is 1.26. The lowest BCUT2D eigenvalue weighted by atomic mass is 10.3. The highest BCUT2D eigenvalue weighted by Crippen LogP contribution is 2.07. The summed E-state index contributed by atoms with van der Waals surface area (Å²) in [5.41, 5.74) is 0. The van der Waals surface area contributed by atoms with Crippen molar-refractivity contribution in [3.05, 3.63) is 0 Å². The second kappa shape index (κ2) is 6.31. The summed E-state index contributed by atoms with van der Waals surface area (Å²) in [6.07, 6.45) is 1.60. The van der Waals surface area contributed by atoms with Gasteiger partial charge in [0.2, 0.25) is 0 Å². The number of thioether (sulfide) groups is 1. The van der Waals surface area contributed by atoms with Crippen molar-refractivity contribution in [2.45, 2.75) is 19.4 Å². The molecule has 0 saturated heterocycles. The first-order valence-corrected chi connectivity index (χ1v) is 5.20. The predicted molar refractivity (Wildman–Crippen MR) is 49.4 cm³/mol. The van der Waals surface area contributed by atoms with Crippen molar-refractivity contribution in [3.8, 4) is 0 Å². The van der Waals surface area contributed by atoms with E-state index in [0.717, 1.165) is 5.75 Å². The molecular weight excluding hydrogens is 200 g/mol. The number of ether oxygens (including phenoxy) is 1. The number of carbonyl (C=O) groups excluding carboxylic acids is 2. The average molecular weight is 211 g/mol. The average Bonchev–Trinajstić information content (AvgIpc) is 1.96. The normalized spacial score (nSPS) is 12.2. The largest absolute Gasteiger partial charge is 0.453 e. The minimum Gasteiger partial charge on any atom is -0.453 e. The van der Waals surface area contributed by atoms with Gasteiger partial charge in [-0.25, -0.2) is 0 Å². The van der Waals surface area contributed by atoms with Crippen LogP contribution in [0.4, 0.5) is 0 Å². The molecule has 0 aromatic rings. The monoisotopic (exact) mass is 210 g/mol. The molecule has 0 rings (SSSR count). The molecular formula is C7H11ClO3S. The zero-order chi connectivity index (χ0) is 9.56. The Balaban J connectivity index is 3.87. The standard InChI is InChI=1S/C7H11ClO3S/c1-5(9)11-6(7(8)10)3-4-12-2/h6H,3-4H2,1-2H3. The Morgan fingerprint density at radius 3 is 2.50 bits per heavy atom. The van der Waals surface area contributed by atoms with Gasteiger partial charge in [0.1, 0.15) is 0 Å². The van der Waals surface area contributed by atoms with Gasteiger partial charge in [-0.15, -0.1) is 0 Å². The van der Waals surface area contributed by atoms with Crippen molar-refractivity contribution in [1.29, 1.82) is 0 Å². The van der Waals surface area contributed by atoms with E-state index < -0.39 is 17.3 Å². The lowest BCUT2D eigenvalue weighted by Gasteiger charge is -2.10. The molecule has 0 aliphatic rings. The minimum atomic E-state index is -0.781. The number of hydrogen-bond acceptors (Lipinski definition) is 4. The summed E-state index contributed by atoms with van der Waals surface area (Å²) in [4.78, 5) is 21.1. The second-order valence-corrected chi connectivity index (χ2v) is 3.54. The summed E-state index contributed by atoms with van der Waals surface area (Å²) in [7, 11) is 0. The summed E-state index contributed by atoms with van der Waals surface area (Å²) >= 11 is 6.77. The van der Waals surface area contributed by atoms with Gasteiger partial charge in [-0.1, -0.05) is 0 Å². The van der Waals surface area contributed by atoms with Crippen LogP contribution in [0.5, 0.6) is 0 Å². The highest BCUT2D eigenvalue weighted by atomic mass is 35.5. The van der Waals surface area contributed by atoms with E-state index in [1.54, 1.807) is 11.8 Å². The Morgan fingerprint density at radius 1 is 1.58 bits per heavy atom. The number of carbonyl (C=O) groups is 2. The molecule has 5 heteroatoms. The molecule has 0 saturated carbocycles. The third kappa shape index (κ3) is 5.43. The number of esters is 1. The molecule has 1 unspecified atom stereocenters. The van der Waals surface area contributed by atoms with E-state index in [1.807, 2.05) is 6.26 Å². The van der Waals surface area contributed by atoms with Crippen molar-refractivity contribution in [2.24, 2.45) is 0 Å². The summed E-state index contributed by atoms with van der Waals surface area (Å²) in [5.74, 6) is 0.270. The van der Waals surface area contributed by atoms with Gasteiger partial charge in [-0.3, -0.25) is 9.59 Å². The highest BCUT2D eigenvalue weighted by molar-refractivity contribution is 7.98. The Morgan fingerprint density at radius 2 is 2.17 bits per heavy atom. The van der Waals surface area contributed by atoms with Gasteiger partial charge in [-0.05, 0) is 23.6 Å². The first kappa shape index (κ1) is 11.8. The van der Waals surface area contributed by atoms with Gasteiger partial charge in [0.05, 0.1) is 0 Å². The molecule has 3 nitrogen and oxygen atoms in total. The van der Waals surface area contributed by atoms with Gasteiger partial charge in [0.15, 0.2) is 6.10 Å². The third-order valence-electron chi connectivity index (χ3n) is 1.15. The Kier molecular flexibility index (Phi) is 6.20. The lowest BCUT2D eigenvalue weighted by Crippen LogP contribution is -2.23. The van der Waals surface area contributed by atoms with Crippen molar-refractivity contribution in [3.63, 3.8) is 0 Å². The highest BCUT2D eigenvalue weighted by Gasteiger charge is 2.18. The SMILES string of the molecule is CSCCC(OC(C)=O)C(=O)Cl. The maximum atomic E-state index is 10.7. The van der Waals surface area contributed by atoms with E-state index in [2.05, 4.69) is 4.74 Å². The minimum absolute atomic E-state index is 0.475. The first-order valence-electron chi connectivity index (χ1n) is 3.43. The molecule has 12 heavy (non-hydrogen) atoms. The summed E-state index contributed by atoms with van der Waals surface area (Å²) in [5, 5.41) is -0.612. The van der Waals surface area contributed by atoms with Gasteiger partial charge in [0.25, 0.3) is 5.24 Å². The molecule has 0 aromatic heterocycles. The van der Waals surface area contributed by atoms with Crippen LogP contribution < -0.4 is 0 Å². The fraction of sp³-hybridized carbons (Fsp3) is 0.714. The van der Waals surface area contributed by atoms with Crippen molar-refractivity contribution in [1.82, 2.24) is 0 Å². The van der Waals surface area contributed by atoms with Gasteiger partial charge >= 0.3 is 5.97 Å². The molecule has 0 spiro atoms. The topological polar surface area (TPSA) is 43.4 Å². The Hall–Kier alpha value is -0.220. The zero-order valence-corrected chi connectivity index (χ0v) is 8.57. The first-order chi connectivity index (χ1) is 5.57. The van der Waals surface area contributed by atoms with Crippen LogP contribution in [0.1, 0.15) is 13.3 Å². The smallest absolute Gasteiger partial charge is 0.303 e. The van der Waals surface area contributed by atoms with E-state index in [4.69, 9.17) is 11.6 Å². The molecule has 0 bridgehead atoms. The molecule has 0 aliphatic heterocycles. The van der Waals surface area contributed by atoms with E-state index in [0.29, 0.717) is 6.42 Å². The maximum Gasteiger partial charge on any atom is 0.303 e. The molecule has 0 aliphatic carbocycles. The van der Waals surface area contributed by atoms with Crippen LogP contribution in [0.15, 0.2) is 0 Å². The molecule has 0 radical (unpaired) electrons. The lowest BCUT2D eigenvalue weighted by molar-refractivity contribution is -0.150. The van der Waals surface area contributed by atoms with Crippen molar-refractivity contribution < 1.29 is 14.3 Å². The van der Waals surface area contributed by atoms with Crippen molar-refractivity contribution >= 4 is 34.6 Å². The molecule has 0 N–H and O–H groups in total. The number of rotatable bonds is 5. The zero-order valence-electron chi connectivity index (χ0n) is 7.00. The fourth-order valence-electron chi connectivity index (χ4n) is 0.644. The second-order valence-electron chi connectivity index (χ2n) is 2.18. The van der Waals surface area contributed by atoms with Crippen LogP contribution in [0.3, 0.4) is 0 Å². The fourth-order valence-corrected chi connectivity index (χ4v) is 1.25. The molecule has 1 atom stereocenters. The summed E-state index contributed by atoms with van der Waals surface area (Å²) in [6, 6.07) is 0. The quantitative estimate of drug-likeness (QED) is 0.509. The summed E-state index contributed by atoms with van der Waals surface area (Å²) < 4.78 is 4.68. The van der Waals surface area contributed by atoms with E-state index in [9.17, 15) is 9.59 Å².